The molecule has 2 rings (SSSR count). The van der Waals surface area contributed by atoms with Crippen LogP contribution in [0, 0.1) is 17.4 Å². The highest BCUT2D eigenvalue weighted by Gasteiger charge is 2.19. The summed E-state index contributed by atoms with van der Waals surface area (Å²) in [6.45, 7) is 0.916. The van der Waals surface area contributed by atoms with Gasteiger partial charge in [-0.1, -0.05) is 17.7 Å². The molecule has 94 valence electrons. The maximum Gasteiger partial charge on any atom is 0.207 e. The molecule has 0 spiro atoms. The largest absolute Gasteiger partial charge is 0.373 e. The van der Waals surface area contributed by atoms with Crippen LogP contribution in [0.5, 0.6) is 0 Å². The summed E-state index contributed by atoms with van der Waals surface area (Å²) in [4.78, 5) is 7.93. The van der Waals surface area contributed by atoms with Crippen molar-refractivity contribution in [1.82, 2.24) is 10.3 Å². The van der Waals surface area contributed by atoms with Crippen LogP contribution in [0.3, 0.4) is 0 Å². The van der Waals surface area contributed by atoms with E-state index in [1.165, 1.54) is 5.56 Å². The zero-order chi connectivity index (χ0) is 12.8. The Morgan fingerprint density at radius 2 is 2.44 bits per heavy atom. The Hall–Kier alpha value is -1.60. The lowest BCUT2D eigenvalue weighted by Crippen LogP contribution is -2.36. The van der Waals surface area contributed by atoms with E-state index in [4.69, 9.17) is 16.9 Å². The van der Waals surface area contributed by atoms with Gasteiger partial charge in [0.05, 0.1) is 0 Å². The van der Waals surface area contributed by atoms with Crippen LogP contribution in [-0.4, -0.2) is 17.4 Å². The highest BCUT2D eigenvalue weighted by molar-refractivity contribution is 6.29. The van der Waals surface area contributed by atoms with Gasteiger partial charge in [-0.3, -0.25) is 0 Å². The first-order chi connectivity index (χ1) is 8.79. The number of hydrogen-bond acceptors (Lipinski definition) is 3. The molecule has 1 saturated heterocycles. The lowest BCUT2D eigenvalue weighted by molar-refractivity contribution is 0.496. The number of nitrogens with zero attached hydrogens (tertiary/aromatic N) is 3. The lowest BCUT2D eigenvalue weighted by atomic mass is 9.92. The van der Waals surface area contributed by atoms with E-state index >= 15 is 0 Å². The molecule has 5 heteroatoms. The smallest absolute Gasteiger partial charge is 0.207 e. The summed E-state index contributed by atoms with van der Waals surface area (Å²) in [6.07, 6.45) is 7.81. The first-order valence-electron chi connectivity index (χ1n) is 6.10. The summed E-state index contributed by atoms with van der Waals surface area (Å²) < 4.78 is 0. The molecule has 1 unspecified atom stereocenters. The van der Waals surface area contributed by atoms with E-state index in [9.17, 15) is 0 Å². The summed E-state index contributed by atoms with van der Waals surface area (Å²) in [5.74, 6) is 1.19. The standard InChI is InChI=1S/C13H15ClN4/c14-12-6-4-10(8-17-12)3-5-11-2-1-7-16-13(11)18-9-15/h4,6,8,11H,1-3,5,7H2,(H,16,18). The van der Waals surface area contributed by atoms with Gasteiger partial charge in [-0.2, -0.15) is 10.3 Å². The van der Waals surface area contributed by atoms with Crippen molar-refractivity contribution in [3.63, 3.8) is 0 Å². The second kappa shape index (κ2) is 6.36. The minimum atomic E-state index is 0.356. The van der Waals surface area contributed by atoms with Crippen LogP contribution in [0.15, 0.2) is 23.3 Å². The molecule has 4 nitrogen and oxygen atoms in total. The van der Waals surface area contributed by atoms with Gasteiger partial charge in [-0.15, -0.1) is 0 Å². The minimum Gasteiger partial charge on any atom is -0.373 e. The van der Waals surface area contributed by atoms with E-state index in [0.717, 1.165) is 38.1 Å². The molecule has 0 aliphatic carbocycles. The molecule has 0 saturated carbocycles. The van der Waals surface area contributed by atoms with Crippen molar-refractivity contribution >= 4 is 17.4 Å². The van der Waals surface area contributed by atoms with Crippen LogP contribution in [0.2, 0.25) is 5.15 Å². The van der Waals surface area contributed by atoms with Gasteiger partial charge in [0, 0.05) is 18.7 Å². The van der Waals surface area contributed by atoms with Gasteiger partial charge in [-0.05, 0) is 37.3 Å². The second-order valence-electron chi connectivity index (χ2n) is 4.39. The lowest BCUT2D eigenvalue weighted by Gasteiger charge is -2.24. The van der Waals surface area contributed by atoms with Gasteiger partial charge < -0.3 is 5.32 Å². The van der Waals surface area contributed by atoms with Crippen molar-refractivity contribution in [3.05, 3.63) is 29.0 Å². The molecular weight excluding hydrogens is 248 g/mol. The fourth-order valence-electron chi connectivity index (χ4n) is 2.21. The number of pyridine rings is 1. The second-order valence-corrected chi connectivity index (χ2v) is 4.78. The normalized spacial score (nSPS) is 21.3. The van der Waals surface area contributed by atoms with Crippen molar-refractivity contribution in [2.75, 3.05) is 6.54 Å². The third-order valence-corrected chi connectivity index (χ3v) is 3.39. The number of nitriles is 1. The molecule has 1 fully saturated rings. The maximum absolute atomic E-state index is 8.65. The fourth-order valence-corrected chi connectivity index (χ4v) is 2.32. The predicted molar refractivity (Wildman–Crippen MR) is 71.3 cm³/mol. The number of nitrogens with one attached hydrogen (secondary N) is 1. The van der Waals surface area contributed by atoms with Crippen LogP contribution in [0.25, 0.3) is 0 Å². The maximum atomic E-state index is 8.65. The summed E-state index contributed by atoms with van der Waals surface area (Å²) >= 11 is 5.75. The van der Waals surface area contributed by atoms with Crippen LogP contribution in [0.4, 0.5) is 0 Å². The Morgan fingerprint density at radius 1 is 1.56 bits per heavy atom. The van der Waals surface area contributed by atoms with Gasteiger partial charge in [0.25, 0.3) is 0 Å². The van der Waals surface area contributed by atoms with Crippen LogP contribution in [0.1, 0.15) is 24.8 Å². The third-order valence-electron chi connectivity index (χ3n) is 3.16. The van der Waals surface area contributed by atoms with Gasteiger partial charge in [0.1, 0.15) is 11.0 Å². The molecule has 1 N–H and O–H groups in total. The SMILES string of the molecule is N#CN=C1NCCCC1CCc1ccc(Cl)nc1. The van der Waals surface area contributed by atoms with Gasteiger partial charge in [0.2, 0.25) is 6.19 Å². The van der Waals surface area contributed by atoms with Gasteiger partial charge in [-0.25, -0.2) is 4.98 Å². The molecule has 2 heterocycles. The Bertz CT molecular complexity index is 461. The topological polar surface area (TPSA) is 61.1 Å². The number of amidine groups is 1. The third kappa shape index (κ3) is 3.44. The number of aliphatic imine (C=N–C) groups is 1. The number of aryl methyl sites for hydroxylation is 1. The van der Waals surface area contributed by atoms with E-state index in [1.54, 1.807) is 12.3 Å². The molecule has 0 aromatic carbocycles. The Morgan fingerprint density at radius 3 is 3.17 bits per heavy atom. The molecule has 1 aliphatic heterocycles. The van der Waals surface area contributed by atoms with E-state index in [2.05, 4.69) is 15.3 Å². The first-order valence-corrected chi connectivity index (χ1v) is 6.48. The highest BCUT2D eigenvalue weighted by Crippen LogP contribution is 2.19. The van der Waals surface area contributed by atoms with E-state index in [0.29, 0.717) is 11.1 Å². The molecule has 0 radical (unpaired) electrons. The van der Waals surface area contributed by atoms with Crippen molar-refractivity contribution < 1.29 is 0 Å². The fraction of sp³-hybridized carbons (Fsp3) is 0.462. The molecule has 1 aliphatic rings. The summed E-state index contributed by atoms with van der Waals surface area (Å²) in [5, 5.41) is 12.4. The van der Waals surface area contributed by atoms with E-state index < -0.39 is 0 Å². The van der Waals surface area contributed by atoms with Gasteiger partial charge >= 0.3 is 0 Å². The van der Waals surface area contributed by atoms with Crippen molar-refractivity contribution in [2.45, 2.75) is 25.7 Å². The average Bonchev–Trinajstić information content (AvgIpc) is 2.40. The molecule has 1 aromatic heterocycles. The van der Waals surface area contributed by atoms with Crippen LogP contribution < -0.4 is 5.32 Å². The number of aromatic nitrogens is 1. The van der Waals surface area contributed by atoms with Crippen LogP contribution >= 0.6 is 11.6 Å². The Labute approximate surface area is 112 Å². The zero-order valence-electron chi connectivity index (χ0n) is 10.1. The van der Waals surface area contributed by atoms with Crippen molar-refractivity contribution in [1.29, 1.82) is 5.26 Å². The van der Waals surface area contributed by atoms with Crippen molar-refractivity contribution in [2.24, 2.45) is 10.9 Å². The Balaban J connectivity index is 1.94. The van der Waals surface area contributed by atoms with E-state index in [1.807, 2.05) is 12.3 Å². The monoisotopic (exact) mass is 262 g/mol. The number of hydrogen-bond donors (Lipinski definition) is 1. The summed E-state index contributed by atoms with van der Waals surface area (Å²) in [5.41, 5.74) is 1.17. The van der Waals surface area contributed by atoms with Gasteiger partial charge in [0.15, 0.2) is 0 Å². The van der Waals surface area contributed by atoms with E-state index in [-0.39, 0.29) is 0 Å². The molecule has 1 atom stereocenters. The molecule has 0 bridgehead atoms. The average molecular weight is 263 g/mol. The van der Waals surface area contributed by atoms with Crippen LogP contribution in [-0.2, 0) is 6.42 Å². The quantitative estimate of drug-likeness (QED) is 0.673. The first kappa shape index (κ1) is 12.8. The zero-order valence-corrected chi connectivity index (χ0v) is 10.8. The Kier molecular flexibility index (Phi) is 4.54. The molecule has 0 amide bonds. The highest BCUT2D eigenvalue weighted by atomic mass is 35.5. The minimum absolute atomic E-state index is 0.356. The predicted octanol–water partition coefficient (Wildman–Crippen LogP) is 2.55. The molecule has 1 aromatic rings. The summed E-state index contributed by atoms with van der Waals surface area (Å²) in [6, 6.07) is 3.80. The molecule has 18 heavy (non-hydrogen) atoms. The summed E-state index contributed by atoms with van der Waals surface area (Å²) in [7, 11) is 0. The number of halogens is 1. The number of rotatable bonds is 3. The van der Waals surface area contributed by atoms with Crippen molar-refractivity contribution in [3.8, 4) is 6.19 Å². The molecular formula is C13H15ClN4. The number of piperidine rings is 1.